The van der Waals surface area contributed by atoms with Gasteiger partial charge in [0.25, 0.3) is 5.69 Å². The van der Waals surface area contributed by atoms with Crippen molar-refractivity contribution in [2.24, 2.45) is 0 Å². The third-order valence-corrected chi connectivity index (χ3v) is 14.6. The molecule has 4 aromatic carbocycles. The summed E-state index contributed by atoms with van der Waals surface area (Å²) < 4.78 is 70.0. The molecule has 0 saturated carbocycles. The summed E-state index contributed by atoms with van der Waals surface area (Å²) in [4.78, 5) is 24.8. The van der Waals surface area contributed by atoms with E-state index in [0.717, 1.165) is 21.8 Å². The highest BCUT2D eigenvalue weighted by molar-refractivity contribution is 9.10. The van der Waals surface area contributed by atoms with Crippen molar-refractivity contribution in [2.45, 2.75) is 54.2 Å². The zero-order valence-electron chi connectivity index (χ0n) is 27.9. The topological polar surface area (TPSA) is 153 Å². The predicted molar refractivity (Wildman–Crippen MR) is 196 cm³/mol. The van der Waals surface area contributed by atoms with Crippen LogP contribution in [-0.4, -0.2) is 74.7 Å². The van der Waals surface area contributed by atoms with Crippen LogP contribution in [-0.2, 0) is 31.4 Å². The fourth-order valence-electron chi connectivity index (χ4n) is 7.68. The Hall–Kier alpha value is -4.19. The largest absolute Gasteiger partial charge is 0.522 e. The van der Waals surface area contributed by atoms with E-state index in [9.17, 15) is 31.7 Å². The predicted octanol–water partition coefficient (Wildman–Crippen LogP) is 6.81. The van der Waals surface area contributed by atoms with Crippen molar-refractivity contribution in [1.82, 2.24) is 13.1 Å². The van der Waals surface area contributed by atoms with E-state index in [0.29, 0.717) is 37.2 Å². The van der Waals surface area contributed by atoms with Crippen molar-refractivity contribution in [3.63, 3.8) is 0 Å². The minimum atomic E-state index is -4.04. The number of carbonyl (C=O) groups excluding carboxylic acids is 1. The lowest BCUT2D eigenvalue weighted by atomic mass is 9.90. The number of para-hydroxylation sites is 1. The van der Waals surface area contributed by atoms with Gasteiger partial charge in [-0.15, -0.1) is 0 Å². The number of amides is 1. The first-order valence-corrected chi connectivity index (χ1v) is 20.5. The lowest BCUT2D eigenvalue weighted by molar-refractivity contribution is -0.385. The van der Waals surface area contributed by atoms with E-state index in [1.807, 2.05) is 36.4 Å². The quantitative estimate of drug-likeness (QED) is 0.101. The van der Waals surface area contributed by atoms with Gasteiger partial charge in [0.05, 0.1) is 20.3 Å². The molecule has 3 aliphatic heterocycles. The van der Waals surface area contributed by atoms with Gasteiger partial charge in [-0.25, -0.2) is 16.8 Å². The minimum Gasteiger partial charge on any atom is -0.457 e. The normalized spacial score (nSPS) is 20.9. The molecule has 1 unspecified atom stereocenters. The number of sulfonamides is 2. The van der Waals surface area contributed by atoms with Gasteiger partial charge in [-0.1, -0.05) is 34.1 Å². The number of non-ortho nitro benzene ring substituents is 1. The number of piperidine rings is 2. The van der Waals surface area contributed by atoms with E-state index in [1.54, 1.807) is 24.3 Å². The second-order valence-electron chi connectivity index (χ2n) is 13.0. The van der Waals surface area contributed by atoms with Gasteiger partial charge in [-0.05, 0) is 60.7 Å². The first-order chi connectivity index (χ1) is 24.9. The van der Waals surface area contributed by atoms with Gasteiger partial charge < -0.3 is 9.47 Å². The summed E-state index contributed by atoms with van der Waals surface area (Å²) in [5.74, 6) is 1.11. The van der Waals surface area contributed by atoms with Crippen LogP contribution in [0.1, 0.15) is 31.2 Å². The number of hydrogen-bond donors (Lipinski definition) is 0. The lowest BCUT2D eigenvalue weighted by Crippen LogP contribution is -2.71. The number of halogens is 1. The number of rotatable bonds is 9. The van der Waals surface area contributed by atoms with Crippen molar-refractivity contribution in [3.05, 3.63) is 117 Å². The van der Waals surface area contributed by atoms with Crippen LogP contribution in [0.2, 0.25) is 0 Å². The molecule has 0 N–H and O–H groups in total. The van der Waals surface area contributed by atoms with Gasteiger partial charge in [0, 0.05) is 74.5 Å². The van der Waals surface area contributed by atoms with Crippen LogP contribution in [0, 0.1) is 10.1 Å². The second kappa shape index (κ2) is 14.3. The van der Waals surface area contributed by atoms with Crippen LogP contribution in [0.25, 0.3) is 0 Å². The van der Waals surface area contributed by atoms with E-state index in [2.05, 4.69) is 15.9 Å². The molecule has 0 aromatic heterocycles. The van der Waals surface area contributed by atoms with E-state index < -0.39 is 31.1 Å². The Morgan fingerprint density at radius 1 is 0.731 bits per heavy atom. The number of benzene rings is 4. The van der Waals surface area contributed by atoms with Crippen LogP contribution in [0.5, 0.6) is 11.5 Å². The summed E-state index contributed by atoms with van der Waals surface area (Å²) in [6.07, 6.45) is 0.968. The average Bonchev–Trinajstić information content (AvgIpc) is 3.16. The average molecular weight is 813 g/mol. The van der Waals surface area contributed by atoms with Gasteiger partial charge in [-0.2, -0.15) is 17.9 Å². The summed E-state index contributed by atoms with van der Waals surface area (Å²) in [5, 5.41) is 11.3. The zero-order valence-corrected chi connectivity index (χ0v) is 31.1. The molecule has 3 aliphatic rings. The molecule has 0 spiro atoms. The molecule has 0 radical (unpaired) electrons. The summed E-state index contributed by atoms with van der Waals surface area (Å²) in [6.45, 7) is 0.669. The first-order valence-electron chi connectivity index (χ1n) is 16.8. The molecular weight excluding hydrogens is 776 g/mol. The molecule has 1 atom stereocenters. The first kappa shape index (κ1) is 36.2. The fraction of sp³-hybridized carbons (Fsp3) is 0.306. The Kier molecular flexibility index (Phi) is 9.97. The minimum absolute atomic E-state index is 0.0971. The van der Waals surface area contributed by atoms with Crippen LogP contribution >= 0.6 is 15.9 Å². The molecule has 2 saturated heterocycles. The molecule has 2 fully saturated rings. The maximum atomic E-state index is 14.2. The van der Waals surface area contributed by atoms with Crippen molar-refractivity contribution in [2.75, 3.05) is 26.2 Å². The van der Waals surface area contributed by atoms with Gasteiger partial charge in [0.15, 0.2) is 0 Å². The van der Waals surface area contributed by atoms with Crippen LogP contribution in [0.15, 0.2) is 111 Å². The van der Waals surface area contributed by atoms with Gasteiger partial charge >= 0.3 is 6.09 Å². The molecule has 272 valence electrons. The number of fused-ring (bicyclic) bond motifs is 1. The van der Waals surface area contributed by atoms with E-state index in [-0.39, 0.29) is 64.8 Å². The Bertz CT molecular complexity index is 2200. The summed E-state index contributed by atoms with van der Waals surface area (Å²) >= 11 is 3.39. The number of hydrogen-bond acceptors (Lipinski definition) is 9. The molecule has 13 nitrogen and oxygen atoms in total. The van der Waals surface area contributed by atoms with Gasteiger partial charge in [-0.3, -0.25) is 10.1 Å². The Morgan fingerprint density at radius 3 is 1.85 bits per heavy atom. The molecule has 4 aromatic rings. The number of nitro groups is 1. The van der Waals surface area contributed by atoms with Crippen molar-refractivity contribution in [3.8, 4) is 11.5 Å². The van der Waals surface area contributed by atoms with Crippen molar-refractivity contribution in [1.29, 1.82) is 0 Å². The van der Waals surface area contributed by atoms with Crippen molar-refractivity contribution < 1.29 is 36.0 Å². The Balaban J connectivity index is 1.10. The zero-order chi connectivity index (χ0) is 36.7. The summed E-state index contributed by atoms with van der Waals surface area (Å²) in [6, 6.07) is 25.5. The van der Waals surface area contributed by atoms with Crippen LogP contribution < -0.4 is 9.22 Å². The molecule has 1 amide bonds. The molecule has 3 heterocycles. The summed E-state index contributed by atoms with van der Waals surface area (Å²) in [7, 11) is -7.89. The standard InChI is InChI=1S/C36H36BrN4O9S2/c37-27-8-10-31(11-9-27)50-32-12-14-33(15-13-32)51(45,46)38-20-16-29(17-21-38)41(35-7-2-1-4-26(35)25-49-36(41)42)30-18-22-39(23-19-30)52(47,48)34-6-3-5-28(24-34)40(43)44/h1-15,24,29-30H,16-23,25H2/q+1. The monoisotopic (exact) mass is 811 g/mol. The maximum absolute atomic E-state index is 14.2. The number of cyclic esters (lactones) is 1. The fourth-order valence-corrected chi connectivity index (χ4v) is 10.9. The number of ether oxygens (including phenoxy) is 2. The van der Waals surface area contributed by atoms with E-state index >= 15 is 0 Å². The highest BCUT2D eigenvalue weighted by Crippen LogP contribution is 2.45. The summed E-state index contributed by atoms with van der Waals surface area (Å²) in [5.41, 5.74) is 1.33. The van der Waals surface area contributed by atoms with Crippen LogP contribution in [0.3, 0.4) is 0 Å². The molecule has 7 rings (SSSR count). The third kappa shape index (κ3) is 6.63. The number of nitrogens with zero attached hydrogens (tertiary/aromatic N) is 4. The number of nitro benzene ring substituents is 1. The molecule has 16 heteroatoms. The number of carbonyl (C=O) groups is 1. The molecule has 0 aliphatic carbocycles. The third-order valence-electron chi connectivity index (χ3n) is 10.2. The smallest absolute Gasteiger partial charge is 0.457 e. The van der Waals surface area contributed by atoms with E-state index in [1.165, 1.54) is 38.9 Å². The van der Waals surface area contributed by atoms with Gasteiger partial charge in [0.1, 0.15) is 35.9 Å². The second-order valence-corrected chi connectivity index (χ2v) is 17.8. The van der Waals surface area contributed by atoms with Crippen LogP contribution in [0.4, 0.5) is 16.2 Å². The van der Waals surface area contributed by atoms with Gasteiger partial charge in [0.2, 0.25) is 20.0 Å². The maximum Gasteiger partial charge on any atom is 0.522 e. The van der Waals surface area contributed by atoms with E-state index in [4.69, 9.17) is 9.47 Å². The Morgan fingerprint density at radius 2 is 1.27 bits per heavy atom. The van der Waals surface area contributed by atoms with Crippen molar-refractivity contribution >= 4 is 53.4 Å². The number of quaternary nitrogens is 1. The Labute approximate surface area is 310 Å². The SMILES string of the molecule is O=C1OCc2ccccc2[N+]1(C1CCN(S(=O)(=O)c2ccc(Oc3ccc(Br)cc3)cc2)CC1)C1CCN(S(=O)(=O)c2cccc([N+](=O)[O-])c2)CC1. The molecule has 0 bridgehead atoms. The molecular formula is C36H36BrN4O9S2+. The highest BCUT2D eigenvalue weighted by Gasteiger charge is 2.58. The lowest BCUT2D eigenvalue weighted by Gasteiger charge is -2.51. The highest BCUT2D eigenvalue weighted by atomic mass is 79.9. The molecule has 52 heavy (non-hydrogen) atoms.